The molecule has 3 N–H and O–H groups in total. The van der Waals surface area contributed by atoms with Crippen LogP contribution in [-0.4, -0.2) is 48.2 Å². The number of aromatic nitrogens is 2. The molecule has 1 aliphatic heterocycles. The van der Waals surface area contributed by atoms with Gasteiger partial charge in [0.1, 0.15) is 5.82 Å². The van der Waals surface area contributed by atoms with E-state index in [1.807, 2.05) is 38.1 Å². The third-order valence-corrected chi connectivity index (χ3v) is 5.82. The molecular formula is C23H31N5O5. The van der Waals surface area contributed by atoms with Crippen LogP contribution < -0.4 is 26.8 Å². The third kappa shape index (κ3) is 5.16. The standard InChI is InChI=1S/C23H31N5O5/c1-4-5-10-27-20(24)19(21(30)25-23(27)32)26(11-12-33-3)22(31)16-13-18(29)28(14-16)17-8-6-15(2)7-9-17/h6-9,16H,4-5,10-14,24H2,1-3H3,(H,25,30,32)/t16-/m1/s1. The number of rotatable bonds is 9. The molecule has 1 aliphatic rings. The number of H-pyrrole nitrogens is 1. The Morgan fingerprint density at radius 2 is 1.94 bits per heavy atom. The number of nitrogens with two attached hydrogens (primary N) is 1. The largest absolute Gasteiger partial charge is 0.383 e. The maximum atomic E-state index is 13.5. The Hall–Kier alpha value is -3.40. The van der Waals surface area contributed by atoms with Gasteiger partial charge in [-0.25, -0.2) is 4.79 Å². The van der Waals surface area contributed by atoms with Crippen molar-refractivity contribution in [2.45, 2.75) is 39.7 Å². The minimum Gasteiger partial charge on any atom is -0.383 e. The Bertz CT molecular complexity index is 1120. The number of aryl methyl sites for hydroxylation is 1. The lowest BCUT2D eigenvalue weighted by Crippen LogP contribution is -2.45. The van der Waals surface area contributed by atoms with Gasteiger partial charge < -0.3 is 20.3 Å². The zero-order valence-electron chi connectivity index (χ0n) is 19.3. The Labute approximate surface area is 191 Å². The summed E-state index contributed by atoms with van der Waals surface area (Å²) in [7, 11) is 1.48. The Kier molecular flexibility index (Phi) is 7.70. The van der Waals surface area contributed by atoms with Crippen LogP contribution in [0.3, 0.4) is 0 Å². The summed E-state index contributed by atoms with van der Waals surface area (Å²) in [6, 6.07) is 7.50. The average molecular weight is 458 g/mol. The molecule has 2 heterocycles. The molecule has 0 aliphatic carbocycles. The fourth-order valence-electron chi connectivity index (χ4n) is 3.96. The highest BCUT2D eigenvalue weighted by molar-refractivity contribution is 6.05. The number of methoxy groups -OCH3 is 1. The highest BCUT2D eigenvalue weighted by atomic mass is 16.5. The highest BCUT2D eigenvalue weighted by Gasteiger charge is 2.38. The summed E-state index contributed by atoms with van der Waals surface area (Å²) < 4.78 is 6.40. The van der Waals surface area contributed by atoms with Gasteiger partial charge >= 0.3 is 5.69 Å². The first-order valence-corrected chi connectivity index (χ1v) is 11.1. The molecule has 10 heteroatoms. The van der Waals surface area contributed by atoms with Gasteiger partial charge in [-0.15, -0.1) is 0 Å². The summed E-state index contributed by atoms with van der Waals surface area (Å²) in [5.41, 5.74) is 6.56. The lowest BCUT2D eigenvalue weighted by molar-refractivity contribution is -0.124. The van der Waals surface area contributed by atoms with Crippen molar-refractivity contribution >= 4 is 29.0 Å². The normalized spacial score (nSPS) is 15.8. The molecule has 1 saturated heterocycles. The van der Waals surface area contributed by atoms with Crippen molar-refractivity contribution in [1.82, 2.24) is 9.55 Å². The number of aromatic amines is 1. The number of nitrogen functional groups attached to an aromatic ring is 1. The van der Waals surface area contributed by atoms with Gasteiger partial charge in [0.25, 0.3) is 5.56 Å². The van der Waals surface area contributed by atoms with Gasteiger partial charge in [-0.2, -0.15) is 0 Å². The number of carbonyl (C=O) groups is 2. The van der Waals surface area contributed by atoms with Gasteiger partial charge in [-0.05, 0) is 25.5 Å². The Balaban J connectivity index is 1.94. The summed E-state index contributed by atoms with van der Waals surface area (Å²) in [5.74, 6) is -1.31. The second-order valence-electron chi connectivity index (χ2n) is 8.22. The average Bonchev–Trinajstić information content (AvgIpc) is 3.17. The van der Waals surface area contributed by atoms with Crippen molar-refractivity contribution in [2.24, 2.45) is 5.92 Å². The molecule has 0 saturated carbocycles. The van der Waals surface area contributed by atoms with Crippen LogP contribution in [0.5, 0.6) is 0 Å². The van der Waals surface area contributed by atoms with Crippen LogP contribution in [0.25, 0.3) is 0 Å². The molecule has 1 fully saturated rings. The van der Waals surface area contributed by atoms with E-state index < -0.39 is 23.1 Å². The topological polar surface area (TPSA) is 131 Å². The van der Waals surface area contributed by atoms with E-state index >= 15 is 0 Å². The van der Waals surface area contributed by atoms with E-state index in [1.54, 1.807) is 4.90 Å². The van der Waals surface area contributed by atoms with Crippen molar-refractivity contribution in [2.75, 3.05) is 42.3 Å². The molecule has 1 aromatic heterocycles. The number of hydrogen-bond donors (Lipinski definition) is 2. The summed E-state index contributed by atoms with van der Waals surface area (Å²) in [6.45, 7) is 4.65. The molecule has 0 bridgehead atoms. The van der Waals surface area contributed by atoms with Gasteiger partial charge in [0, 0.05) is 38.9 Å². The number of amides is 2. The van der Waals surface area contributed by atoms with E-state index in [9.17, 15) is 19.2 Å². The lowest BCUT2D eigenvalue weighted by Gasteiger charge is -2.26. The fourth-order valence-corrected chi connectivity index (χ4v) is 3.96. The fraction of sp³-hybridized carbons (Fsp3) is 0.478. The van der Waals surface area contributed by atoms with Crippen molar-refractivity contribution in [3.05, 3.63) is 50.7 Å². The monoisotopic (exact) mass is 457 g/mol. The van der Waals surface area contributed by atoms with E-state index in [1.165, 1.54) is 16.6 Å². The second-order valence-corrected chi connectivity index (χ2v) is 8.22. The third-order valence-electron chi connectivity index (χ3n) is 5.82. The molecule has 3 rings (SSSR count). The summed E-state index contributed by atoms with van der Waals surface area (Å²) >= 11 is 0. The van der Waals surface area contributed by atoms with Crippen LogP contribution in [0.4, 0.5) is 17.2 Å². The quantitative estimate of drug-likeness (QED) is 0.583. The molecule has 0 radical (unpaired) electrons. The molecule has 0 unspecified atom stereocenters. The smallest absolute Gasteiger partial charge is 0.330 e. The van der Waals surface area contributed by atoms with E-state index in [0.717, 1.165) is 17.7 Å². The van der Waals surface area contributed by atoms with Crippen LogP contribution in [0.1, 0.15) is 31.7 Å². The van der Waals surface area contributed by atoms with Gasteiger partial charge in [-0.1, -0.05) is 31.0 Å². The van der Waals surface area contributed by atoms with Crippen molar-refractivity contribution in [3.8, 4) is 0 Å². The van der Waals surface area contributed by atoms with Gasteiger partial charge in [0.2, 0.25) is 11.8 Å². The van der Waals surface area contributed by atoms with Gasteiger partial charge in [0.15, 0.2) is 5.69 Å². The maximum Gasteiger partial charge on any atom is 0.330 e. The Morgan fingerprint density at radius 1 is 1.24 bits per heavy atom. The number of carbonyl (C=O) groups excluding carboxylic acids is 2. The molecule has 10 nitrogen and oxygen atoms in total. The second kappa shape index (κ2) is 10.5. The van der Waals surface area contributed by atoms with E-state index in [4.69, 9.17) is 10.5 Å². The minimum atomic E-state index is -0.741. The van der Waals surface area contributed by atoms with Gasteiger partial charge in [0.05, 0.1) is 12.5 Å². The zero-order valence-corrected chi connectivity index (χ0v) is 19.3. The SMILES string of the molecule is CCCCn1c(N)c(N(CCOC)C(=O)[C@@H]2CC(=O)N(c3ccc(C)cc3)C2)c(=O)[nH]c1=O. The Morgan fingerprint density at radius 3 is 2.58 bits per heavy atom. The molecular weight excluding hydrogens is 426 g/mol. The van der Waals surface area contributed by atoms with Crippen LogP contribution in [-0.2, 0) is 20.9 Å². The lowest BCUT2D eigenvalue weighted by atomic mass is 10.1. The molecule has 178 valence electrons. The zero-order chi connectivity index (χ0) is 24.1. The van der Waals surface area contributed by atoms with Gasteiger partial charge in [-0.3, -0.25) is 23.9 Å². The van der Waals surface area contributed by atoms with Crippen molar-refractivity contribution in [1.29, 1.82) is 0 Å². The van der Waals surface area contributed by atoms with E-state index in [0.29, 0.717) is 13.0 Å². The highest BCUT2D eigenvalue weighted by Crippen LogP contribution is 2.28. The molecule has 2 amide bonds. The number of anilines is 3. The van der Waals surface area contributed by atoms with Crippen LogP contribution in [0.15, 0.2) is 33.9 Å². The molecule has 33 heavy (non-hydrogen) atoms. The van der Waals surface area contributed by atoms with Crippen LogP contribution in [0.2, 0.25) is 0 Å². The molecule has 1 atom stereocenters. The number of unbranched alkanes of at least 4 members (excludes halogenated alkanes) is 1. The first-order chi connectivity index (χ1) is 15.8. The van der Waals surface area contributed by atoms with E-state index in [-0.39, 0.29) is 43.5 Å². The van der Waals surface area contributed by atoms with Crippen LogP contribution in [0, 0.1) is 12.8 Å². The van der Waals surface area contributed by atoms with Crippen molar-refractivity contribution < 1.29 is 14.3 Å². The predicted octanol–water partition coefficient (Wildman–Crippen LogP) is 1.26. The number of nitrogens with zero attached hydrogens (tertiary/aromatic N) is 3. The summed E-state index contributed by atoms with van der Waals surface area (Å²) in [6.07, 6.45) is 1.53. The summed E-state index contributed by atoms with van der Waals surface area (Å²) in [4.78, 5) is 56.3. The number of hydrogen-bond acceptors (Lipinski definition) is 6. The predicted molar refractivity (Wildman–Crippen MR) is 127 cm³/mol. The molecule has 0 spiro atoms. The maximum absolute atomic E-state index is 13.5. The first-order valence-electron chi connectivity index (χ1n) is 11.1. The molecule has 1 aromatic carbocycles. The summed E-state index contributed by atoms with van der Waals surface area (Å²) in [5, 5.41) is 0. The molecule has 2 aromatic rings. The van der Waals surface area contributed by atoms with Crippen molar-refractivity contribution in [3.63, 3.8) is 0 Å². The number of ether oxygens (including phenoxy) is 1. The minimum absolute atomic E-state index is 0.0173. The number of nitrogens with one attached hydrogen (secondary N) is 1. The van der Waals surface area contributed by atoms with Crippen LogP contribution >= 0.6 is 0 Å². The first kappa shape index (κ1) is 24.2. The van der Waals surface area contributed by atoms with E-state index in [2.05, 4.69) is 4.98 Å². The number of benzene rings is 1.